The Morgan fingerprint density at radius 2 is 2.41 bits per heavy atom. The van der Waals surface area contributed by atoms with E-state index < -0.39 is 0 Å². The Morgan fingerprint density at radius 1 is 1.53 bits per heavy atom. The van der Waals surface area contributed by atoms with Crippen LogP contribution in [0.25, 0.3) is 11.3 Å². The van der Waals surface area contributed by atoms with Crippen molar-refractivity contribution in [3.63, 3.8) is 0 Å². The van der Waals surface area contributed by atoms with Crippen LogP contribution in [0.15, 0.2) is 35.7 Å². The van der Waals surface area contributed by atoms with Crippen molar-refractivity contribution in [3.05, 3.63) is 42.1 Å². The van der Waals surface area contributed by atoms with Gasteiger partial charge < -0.3 is 4.57 Å². The van der Waals surface area contributed by atoms with Gasteiger partial charge >= 0.3 is 0 Å². The van der Waals surface area contributed by atoms with Gasteiger partial charge in [-0.2, -0.15) is 0 Å². The maximum absolute atomic E-state index is 13.3. The van der Waals surface area contributed by atoms with E-state index in [1.54, 1.807) is 18.6 Å². The zero-order valence-corrected chi connectivity index (χ0v) is 8.80. The monoisotopic (exact) mass is 229 g/mol. The van der Waals surface area contributed by atoms with Crippen LogP contribution >= 0.6 is 0 Å². The van der Waals surface area contributed by atoms with E-state index >= 15 is 0 Å². The minimum Gasteiger partial charge on any atom is -0.321 e. The van der Waals surface area contributed by atoms with Gasteiger partial charge in [0, 0.05) is 5.56 Å². The van der Waals surface area contributed by atoms with Gasteiger partial charge in [0.1, 0.15) is 5.82 Å². The summed E-state index contributed by atoms with van der Waals surface area (Å²) < 4.78 is 15.1. The highest BCUT2D eigenvalue weighted by molar-refractivity contribution is 5.69. The lowest BCUT2D eigenvalue weighted by Crippen LogP contribution is -2.08. The fourth-order valence-electron chi connectivity index (χ4n) is 2.26. The SMILES string of the molecule is O=C=NCC1c2cc(F)ccc2-c2cncn21. The molecule has 4 nitrogen and oxygen atoms in total. The molecule has 2 aromatic rings. The third-order valence-corrected chi connectivity index (χ3v) is 2.98. The van der Waals surface area contributed by atoms with Gasteiger partial charge in [0.2, 0.25) is 6.08 Å². The average Bonchev–Trinajstić information content (AvgIpc) is 2.87. The van der Waals surface area contributed by atoms with E-state index in [1.165, 1.54) is 18.2 Å². The first kappa shape index (κ1) is 9.93. The average molecular weight is 229 g/mol. The van der Waals surface area contributed by atoms with Crippen LogP contribution in [0.2, 0.25) is 0 Å². The molecule has 0 amide bonds. The smallest absolute Gasteiger partial charge is 0.235 e. The number of fused-ring (bicyclic) bond motifs is 3. The van der Waals surface area contributed by atoms with Crippen LogP contribution in [0.5, 0.6) is 0 Å². The van der Waals surface area contributed by atoms with Crippen LogP contribution in [-0.2, 0) is 4.79 Å². The molecule has 0 saturated heterocycles. The summed E-state index contributed by atoms with van der Waals surface area (Å²) in [6.45, 7) is 0.253. The highest BCUT2D eigenvalue weighted by Gasteiger charge is 2.28. The zero-order chi connectivity index (χ0) is 11.8. The minimum absolute atomic E-state index is 0.167. The second-order valence-electron chi connectivity index (χ2n) is 3.87. The molecule has 17 heavy (non-hydrogen) atoms. The fourth-order valence-corrected chi connectivity index (χ4v) is 2.26. The first-order valence-corrected chi connectivity index (χ1v) is 5.16. The molecule has 0 radical (unpaired) electrons. The van der Waals surface area contributed by atoms with E-state index in [-0.39, 0.29) is 18.4 Å². The summed E-state index contributed by atoms with van der Waals surface area (Å²) in [6, 6.07) is 4.46. The molecule has 0 aliphatic carbocycles. The molecule has 1 aromatic heterocycles. The summed E-state index contributed by atoms with van der Waals surface area (Å²) in [5.41, 5.74) is 2.70. The second kappa shape index (κ2) is 3.64. The maximum atomic E-state index is 13.3. The van der Waals surface area contributed by atoms with E-state index in [0.29, 0.717) is 0 Å². The maximum Gasteiger partial charge on any atom is 0.235 e. The number of aliphatic imine (C=N–C) groups is 1. The van der Waals surface area contributed by atoms with Crippen molar-refractivity contribution in [2.75, 3.05) is 6.54 Å². The van der Waals surface area contributed by atoms with Crippen molar-refractivity contribution in [2.45, 2.75) is 6.04 Å². The molecule has 84 valence electrons. The number of halogens is 1. The number of carbonyl (C=O) groups excluding carboxylic acids is 1. The van der Waals surface area contributed by atoms with Gasteiger partial charge in [-0.25, -0.2) is 19.2 Å². The number of hydrogen-bond acceptors (Lipinski definition) is 3. The highest BCUT2D eigenvalue weighted by Crippen LogP contribution is 2.39. The summed E-state index contributed by atoms with van der Waals surface area (Å²) in [5, 5.41) is 0. The molecule has 1 aromatic carbocycles. The van der Waals surface area contributed by atoms with Crippen molar-refractivity contribution in [1.82, 2.24) is 9.55 Å². The van der Waals surface area contributed by atoms with Crippen LogP contribution in [-0.4, -0.2) is 22.2 Å². The van der Waals surface area contributed by atoms with E-state index in [9.17, 15) is 9.18 Å². The lowest BCUT2D eigenvalue weighted by Gasteiger charge is -2.10. The molecule has 2 heterocycles. The number of aromatic nitrogens is 2. The Bertz CT molecular complexity index is 628. The van der Waals surface area contributed by atoms with Crippen molar-refractivity contribution in [3.8, 4) is 11.3 Å². The van der Waals surface area contributed by atoms with Crippen LogP contribution in [0.4, 0.5) is 4.39 Å². The van der Waals surface area contributed by atoms with Crippen LogP contribution in [0.1, 0.15) is 11.6 Å². The molecule has 5 heteroatoms. The Labute approximate surface area is 96.4 Å². The molecule has 3 rings (SSSR count). The molecule has 0 bridgehead atoms. The highest BCUT2D eigenvalue weighted by atomic mass is 19.1. The Morgan fingerprint density at radius 3 is 3.24 bits per heavy atom. The van der Waals surface area contributed by atoms with Gasteiger partial charge in [-0.3, -0.25) is 0 Å². The fraction of sp³-hybridized carbons (Fsp3) is 0.167. The summed E-state index contributed by atoms with van der Waals surface area (Å²) in [7, 11) is 0. The summed E-state index contributed by atoms with van der Waals surface area (Å²) in [5.74, 6) is -0.289. The first-order valence-electron chi connectivity index (χ1n) is 5.16. The largest absolute Gasteiger partial charge is 0.321 e. The summed E-state index contributed by atoms with van der Waals surface area (Å²) in [6.07, 6.45) is 4.90. The van der Waals surface area contributed by atoms with Gasteiger partial charge in [-0.1, -0.05) is 0 Å². The Balaban J connectivity index is 2.18. The van der Waals surface area contributed by atoms with E-state index in [2.05, 4.69) is 9.98 Å². The Kier molecular flexibility index (Phi) is 2.13. The van der Waals surface area contributed by atoms with Crippen molar-refractivity contribution in [2.24, 2.45) is 4.99 Å². The van der Waals surface area contributed by atoms with Gasteiger partial charge in [0.15, 0.2) is 0 Å². The normalized spacial score (nSPS) is 16.2. The zero-order valence-electron chi connectivity index (χ0n) is 8.80. The molecule has 1 aliphatic rings. The number of benzene rings is 1. The molecule has 0 fully saturated rings. The first-order chi connectivity index (χ1) is 8.31. The summed E-state index contributed by atoms with van der Waals surface area (Å²) >= 11 is 0. The molecule has 1 aliphatic heterocycles. The number of imidazole rings is 1. The van der Waals surface area contributed by atoms with Crippen molar-refractivity contribution in [1.29, 1.82) is 0 Å². The van der Waals surface area contributed by atoms with Crippen molar-refractivity contribution >= 4 is 6.08 Å². The van der Waals surface area contributed by atoms with Crippen LogP contribution in [0.3, 0.4) is 0 Å². The van der Waals surface area contributed by atoms with E-state index in [0.717, 1.165) is 16.8 Å². The molecule has 0 spiro atoms. The third kappa shape index (κ3) is 1.40. The number of rotatable bonds is 2. The lowest BCUT2D eigenvalue weighted by atomic mass is 10.0. The molecule has 1 unspecified atom stereocenters. The molecular formula is C12H8FN3O. The topological polar surface area (TPSA) is 47.2 Å². The van der Waals surface area contributed by atoms with Crippen LogP contribution in [0, 0.1) is 5.82 Å². The van der Waals surface area contributed by atoms with Gasteiger partial charge in [-0.05, 0) is 23.8 Å². The van der Waals surface area contributed by atoms with Crippen LogP contribution < -0.4 is 0 Å². The molecule has 0 saturated carbocycles. The standard InChI is InChI=1S/C12H8FN3O/c13-8-1-2-9-10(3-8)12(5-15-7-17)16-6-14-4-11(9)16/h1-4,6,12H,5H2. The third-order valence-electron chi connectivity index (χ3n) is 2.98. The number of nitrogens with zero attached hydrogens (tertiary/aromatic N) is 3. The van der Waals surface area contributed by atoms with Gasteiger partial charge in [0.25, 0.3) is 0 Å². The van der Waals surface area contributed by atoms with Gasteiger partial charge in [0.05, 0.1) is 30.8 Å². The predicted octanol–water partition coefficient (Wildman–Crippen LogP) is 1.93. The Hall–Kier alpha value is -2.26. The number of isocyanates is 1. The number of hydrogen-bond donors (Lipinski definition) is 0. The second-order valence-corrected chi connectivity index (χ2v) is 3.87. The summed E-state index contributed by atoms with van der Waals surface area (Å²) in [4.78, 5) is 17.8. The lowest BCUT2D eigenvalue weighted by molar-refractivity contribution is 0.555. The van der Waals surface area contributed by atoms with Crippen molar-refractivity contribution < 1.29 is 9.18 Å². The minimum atomic E-state index is -0.289. The predicted molar refractivity (Wildman–Crippen MR) is 58.7 cm³/mol. The molecule has 1 atom stereocenters. The quantitative estimate of drug-likeness (QED) is 0.583. The molecular weight excluding hydrogens is 221 g/mol. The van der Waals surface area contributed by atoms with E-state index in [4.69, 9.17) is 0 Å². The van der Waals surface area contributed by atoms with E-state index in [1.807, 2.05) is 4.57 Å². The molecule has 0 N–H and O–H groups in total. The van der Waals surface area contributed by atoms with Gasteiger partial charge in [-0.15, -0.1) is 0 Å².